The van der Waals surface area contributed by atoms with Gasteiger partial charge in [0.1, 0.15) is 0 Å². The maximum absolute atomic E-state index is 5.67. The van der Waals surface area contributed by atoms with Crippen molar-refractivity contribution in [3.05, 3.63) is 169 Å². The van der Waals surface area contributed by atoms with Gasteiger partial charge in [-0.2, -0.15) is 0 Å². The van der Waals surface area contributed by atoms with E-state index in [1.807, 2.05) is 0 Å². The Morgan fingerprint density at radius 2 is 1.08 bits per heavy atom. The van der Waals surface area contributed by atoms with Crippen LogP contribution in [-0.2, 0) is 10.8 Å². The standard InChI is InChI=1S/C56H42N4S/c1-55(2)26-27-56(3,4)45-32-48-41(29-44(45)55)43-31-47-42(30-46(43)59(48)37-17-6-5-7-18-37)39-25-24-34-15-10-11-19-38(34)52(39)60(47)54-57-50(36-23-22-33-14-8-9-16-35(33)28-36)53-51(58-54)40-20-12-13-21-49(40)61-53/h5-25,28-32H,26-27H2,1-4H3. The maximum atomic E-state index is 5.67. The Kier molecular flexibility index (Phi) is 7.10. The number of thiophene rings is 1. The molecule has 0 unspecified atom stereocenters. The summed E-state index contributed by atoms with van der Waals surface area (Å²) in [6, 6.07) is 58.2. The van der Waals surface area contributed by atoms with Crippen molar-refractivity contribution in [3.8, 4) is 22.9 Å². The van der Waals surface area contributed by atoms with E-state index in [2.05, 4.69) is 195 Å². The third-order valence-corrected chi connectivity index (χ3v) is 15.1. The molecule has 8 aromatic carbocycles. The summed E-state index contributed by atoms with van der Waals surface area (Å²) in [6.07, 6.45) is 2.33. The van der Waals surface area contributed by atoms with E-state index < -0.39 is 0 Å². The minimum atomic E-state index is 0.0733. The van der Waals surface area contributed by atoms with E-state index >= 15 is 0 Å². The van der Waals surface area contributed by atoms with Crippen molar-refractivity contribution >= 4 is 96.8 Å². The number of nitrogens with zero attached hydrogens (tertiary/aromatic N) is 4. The first-order chi connectivity index (χ1) is 29.7. The average molecular weight is 803 g/mol. The van der Waals surface area contributed by atoms with Gasteiger partial charge in [-0.1, -0.05) is 137 Å². The smallest absolute Gasteiger partial charge is 0.235 e. The summed E-state index contributed by atoms with van der Waals surface area (Å²) >= 11 is 1.78. The first kappa shape index (κ1) is 35.0. The molecule has 0 bridgehead atoms. The van der Waals surface area contributed by atoms with Crippen molar-refractivity contribution in [2.75, 3.05) is 0 Å². The molecule has 0 spiro atoms. The van der Waals surface area contributed by atoms with Crippen molar-refractivity contribution in [2.45, 2.75) is 51.4 Å². The molecule has 0 saturated carbocycles. The molecule has 61 heavy (non-hydrogen) atoms. The summed E-state index contributed by atoms with van der Waals surface area (Å²) in [4.78, 5) is 11.3. The van der Waals surface area contributed by atoms with Gasteiger partial charge in [0.15, 0.2) is 0 Å². The Hall–Kier alpha value is -6.82. The van der Waals surface area contributed by atoms with Crippen LogP contribution in [0, 0.1) is 0 Å². The molecule has 0 amide bonds. The quantitative estimate of drug-likeness (QED) is 0.178. The van der Waals surface area contributed by atoms with Crippen molar-refractivity contribution in [1.29, 1.82) is 0 Å². The van der Waals surface area contributed by atoms with Gasteiger partial charge in [-0.05, 0) is 99.5 Å². The molecule has 292 valence electrons. The Balaban J connectivity index is 1.20. The van der Waals surface area contributed by atoms with Crippen LogP contribution in [0.5, 0.6) is 0 Å². The van der Waals surface area contributed by atoms with Gasteiger partial charge < -0.3 is 4.57 Å². The zero-order valence-electron chi connectivity index (χ0n) is 34.6. The SMILES string of the molecule is CC1(C)CCC(C)(C)c2cc3c(cc21)c1cc2c(cc1n3-c1ccccc1)c1ccc3ccccc3c1n2-c1nc(-c2ccc3ccccc3c2)c2sc3ccccc3c2n1. The summed E-state index contributed by atoms with van der Waals surface area (Å²) in [6.45, 7) is 9.71. The number of benzene rings is 8. The van der Waals surface area contributed by atoms with Crippen molar-refractivity contribution in [1.82, 2.24) is 19.1 Å². The first-order valence-corrected chi connectivity index (χ1v) is 22.3. The molecule has 4 heterocycles. The lowest BCUT2D eigenvalue weighted by Crippen LogP contribution is -2.33. The highest BCUT2D eigenvalue weighted by atomic mass is 32.1. The van der Waals surface area contributed by atoms with Crippen LogP contribution < -0.4 is 0 Å². The molecular formula is C56H42N4S. The van der Waals surface area contributed by atoms with Crippen LogP contribution in [0.15, 0.2) is 158 Å². The zero-order chi connectivity index (χ0) is 40.8. The van der Waals surface area contributed by atoms with E-state index in [-0.39, 0.29) is 10.8 Å². The predicted molar refractivity (Wildman–Crippen MR) is 259 cm³/mol. The van der Waals surface area contributed by atoms with E-state index in [4.69, 9.17) is 9.97 Å². The molecule has 0 radical (unpaired) electrons. The lowest BCUT2D eigenvalue weighted by Gasteiger charge is -2.42. The summed E-state index contributed by atoms with van der Waals surface area (Å²) in [5.41, 5.74) is 12.0. The first-order valence-electron chi connectivity index (χ1n) is 21.5. The second-order valence-electron chi connectivity index (χ2n) is 18.5. The van der Waals surface area contributed by atoms with Crippen LogP contribution in [0.25, 0.3) is 108 Å². The second-order valence-corrected chi connectivity index (χ2v) is 19.5. The molecule has 1 aliphatic carbocycles. The van der Waals surface area contributed by atoms with E-state index in [0.717, 1.165) is 44.3 Å². The summed E-state index contributed by atoms with van der Waals surface area (Å²) in [5.74, 6) is 0.682. The van der Waals surface area contributed by atoms with Crippen LogP contribution >= 0.6 is 11.3 Å². The van der Waals surface area contributed by atoms with Gasteiger partial charge in [0.05, 0.1) is 38.0 Å². The van der Waals surface area contributed by atoms with Gasteiger partial charge in [-0.3, -0.25) is 4.57 Å². The number of rotatable bonds is 3. The number of para-hydroxylation sites is 1. The molecule has 12 aromatic rings. The highest BCUT2D eigenvalue weighted by molar-refractivity contribution is 7.26. The largest absolute Gasteiger partial charge is 0.309 e. The summed E-state index contributed by atoms with van der Waals surface area (Å²) < 4.78 is 7.20. The molecule has 0 saturated heterocycles. The molecule has 0 fully saturated rings. The topological polar surface area (TPSA) is 35.6 Å². The number of hydrogen-bond acceptors (Lipinski definition) is 3. The van der Waals surface area contributed by atoms with Gasteiger partial charge >= 0.3 is 0 Å². The van der Waals surface area contributed by atoms with E-state index in [9.17, 15) is 0 Å². The van der Waals surface area contributed by atoms with Crippen LogP contribution in [0.1, 0.15) is 51.7 Å². The Morgan fingerprint density at radius 1 is 0.475 bits per heavy atom. The third kappa shape index (κ3) is 4.98. The molecule has 0 atom stereocenters. The van der Waals surface area contributed by atoms with E-state index in [1.165, 1.54) is 82.1 Å². The van der Waals surface area contributed by atoms with Gasteiger partial charge in [0.2, 0.25) is 5.95 Å². The highest BCUT2D eigenvalue weighted by Gasteiger charge is 2.38. The van der Waals surface area contributed by atoms with Gasteiger partial charge in [-0.15, -0.1) is 11.3 Å². The average Bonchev–Trinajstić information content (AvgIpc) is 3.94. The number of fused-ring (bicyclic) bond motifs is 13. The van der Waals surface area contributed by atoms with Crippen LogP contribution in [-0.4, -0.2) is 19.1 Å². The van der Waals surface area contributed by atoms with Gasteiger partial charge in [0.25, 0.3) is 0 Å². The predicted octanol–water partition coefficient (Wildman–Crippen LogP) is 15.4. The van der Waals surface area contributed by atoms with Crippen LogP contribution in [0.2, 0.25) is 0 Å². The number of aromatic nitrogens is 4. The van der Waals surface area contributed by atoms with E-state index in [0.29, 0.717) is 5.95 Å². The minimum absolute atomic E-state index is 0.0733. The molecule has 4 nitrogen and oxygen atoms in total. The van der Waals surface area contributed by atoms with Crippen molar-refractivity contribution in [3.63, 3.8) is 0 Å². The Morgan fingerprint density at radius 3 is 1.89 bits per heavy atom. The summed E-state index contributed by atoms with van der Waals surface area (Å²) in [5, 5.41) is 10.8. The summed E-state index contributed by atoms with van der Waals surface area (Å²) in [7, 11) is 0. The molecular weight excluding hydrogens is 761 g/mol. The van der Waals surface area contributed by atoms with E-state index in [1.54, 1.807) is 11.3 Å². The lowest BCUT2D eigenvalue weighted by molar-refractivity contribution is 0.332. The highest BCUT2D eigenvalue weighted by Crippen LogP contribution is 2.50. The minimum Gasteiger partial charge on any atom is -0.309 e. The zero-order valence-corrected chi connectivity index (χ0v) is 35.4. The molecule has 0 N–H and O–H groups in total. The van der Waals surface area contributed by atoms with Gasteiger partial charge in [0, 0.05) is 48.3 Å². The fraction of sp³-hybridized carbons (Fsp3) is 0.143. The maximum Gasteiger partial charge on any atom is 0.235 e. The van der Waals surface area contributed by atoms with Crippen molar-refractivity contribution in [2.24, 2.45) is 0 Å². The number of hydrogen-bond donors (Lipinski definition) is 0. The Labute approximate surface area is 357 Å². The fourth-order valence-corrected chi connectivity index (χ4v) is 11.8. The molecule has 0 aliphatic heterocycles. The molecule has 4 aromatic heterocycles. The lowest BCUT2D eigenvalue weighted by atomic mass is 9.63. The molecule has 13 rings (SSSR count). The van der Waals surface area contributed by atoms with Crippen LogP contribution in [0.4, 0.5) is 0 Å². The molecule has 1 aliphatic rings. The molecule has 5 heteroatoms. The van der Waals surface area contributed by atoms with Crippen molar-refractivity contribution < 1.29 is 0 Å². The normalized spacial score (nSPS) is 15.0. The van der Waals surface area contributed by atoms with Gasteiger partial charge in [-0.25, -0.2) is 9.97 Å². The fourth-order valence-electron chi connectivity index (χ4n) is 10.6. The third-order valence-electron chi connectivity index (χ3n) is 14.0. The second kappa shape index (κ2) is 12.4. The monoisotopic (exact) mass is 802 g/mol. The van der Waals surface area contributed by atoms with Crippen LogP contribution in [0.3, 0.4) is 0 Å². The Bertz CT molecular complexity index is 3820.